The number of rotatable bonds is 4. The first-order valence-corrected chi connectivity index (χ1v) is 9.01. The Morgan fingerprint density at radius 1 is 1.45 bits per heavy atom. The Balaban J connectivity index is 1.60. The first kappa shape index (κ1) is 15.8. The molecular weight excluding hydrogens is 302 g/mol. The van der Waals surface area contributed by atoms with Crippen LogP contribution in [0.25, 0.3) is 0 Å². The molecule has 0 aromatic carbocycles. The fraction of sp³-hybridized carbons (Fsp3) is 0.733. The van der Waals surface area contributed by atoms with Gasteiger partial charge in [0, 0.05) is 36.7 Å². The summed E-state index contributed by atoms with van der Waals surface area (Å²) in [6, 6.07) is 2.00. The largest absolute Gasteiger partial charge is 0.394 e. The Morgan fingerprint density at radius 3 is 2.86 bits per heavy atom. The van der Waals surface area contributed by atoms with E-state index in [0.29, 0.717) is 37.7 Å². The second-order valence-electron chi connectivity index (χ2n) is 6.10. The molecule has 7 heteroatoms. The van der Waals surface area contributed by atoms with E-state index in [9.17, 15) is 9.90 Å². The fourth-order valence-electron chi connectivity index (χ4n) is 3.37. The lowest BCUT2D eigenvalue weighted by atomic mass is 9.91. The van der Waals surface area contributed by atoms with Crippen LogP contribution in [0.15, 0.2) is 12.3 Å². The predicted molar refractivity (Wildman–Crippen MR) is 84.8 cm³/mol. The molecule has 0 aliphatic carbocycles. The summed E-state index contributed by atoms with van der Waals surface area (Å²) in [4.78, 5) is 14.3. The number of thioether (sulfide) groups is 1. The molecule has 0 radical (unpaired) electrons. The lowest BCUT2D eigenvalue weighted by molar-refractivity contribution is -0.149. The van der Waals surface area contributed by atoms with Gasteiger partial charge in [0.05, 0.1) is 13.2 Å². The second kappa shape index (κ2) is 6.60. The van der Waals surface area contributed by atoms with E-state index in [4.69, 9.17) is 5.11 Å². The Labute approximate surface area is 134 Å². The summed E-state index contributed by atoms with van der Waals surface area (Å²) in [6.45, 7) is 1.96. The Morgan fingerprint density at radius 2 is 2.23 bits per heavy atom. The summed E-state index contributed by atoms with van der Waals surface area (Å²) < 4.78 is 1.85. The monoisotopic (exact) mass is 325 g/mol. The molecule has 0 saturated carbocycles. The zero-order valence-corrected chi connectivity index (χ0v) is 13.5. The SMILES string of the molecule is O=C(N1CCC(c2ccnn2CCO)CC1)C1(O)CCSC1. The van der Waals surface area contributed by atoms with E-state index in [2.05, 4.69) is 5.10 Å². The molecule has 2 N–H and O–H groups in total. The predicted octanol–water partition coefficient (Wildman–Crippen LogP) is 0.449. The Kier molecular flexibility index (Phi) is 4.75. The summed E-state index contributed by atoms with van der Waals surface area (Å²) in [7, 11) is 0. The molecule has 1 unspecified atom stereocenters. The summed E-state index contributed by atoms with van der Waals surface area (Å²) in [5, 5.41) is 23.7. The summed E-state index contributed by atoms with van der Waals surface area (Å²) in [6.07, 6.45) is 4.10. The Bertz CT molecular complexity index is 520. The number of aliphatic hydroxyl groups is 2. The van der Waals surface area contributed by atoms with Gasteiger partial charge in [0.2, 0.25) is 0 Å². The number of hydrogen-bond donors (Lipinski definition) is 2. The summed E-state index contributed by atoms with van der Waals surface area (Å²) in [5.41, 5.74) is -0.00725. The summed E-state index contributed by atoms with van der Waals surface area (Å²) in [5.74, 6) is 1.65. The number of carbonyl (C=O) groups is 1. The third-order valence-electron chi connectivity index (χ3n) is 4.66. The highest BCUT2D eigenvalue weighted by atomic mass is 32.2. The highest BCUT2D eigenvalue weighted by Crippen LogP contribution is 2.33. The number of amides is 1. The van der Waals surface area contributed by atoms with Crippen LogP contribution in [0.4, 0.5) is 0 Å². The number of hydrogen-bond acceptors (Lipinski definition) is 5. The summed E-state index contributed by atoms with van der Waals surface area (Å²) >= 11 is 1.65. The van der Waals surface area contributed by atoms with Gasteiger partial charge in [-0.05, 0) is 31.1 Å². The van der Waals surface area contributed by atoms with Crippen LogP contribution in [-0.4, -0.2) is 67.6 Å². The van der Waals surface area contributed by atoms with Crippen molar-refractivity contribution in [3.05, 3.63) is 18.0 Å². The molecule has 1 aromatic heterocycles. The molecule has 3 heterocycles. The third kappa shape index (κ3) is 3.02. The van der Waals surface area contributed by atoms with E-state index in [-0.39, 0.29) is 12.5 Å². The highest BCUT2D eigenvalue weighted by molar-refractivity contribution is 7.99. The van der Waals surface area contributed by atoms with Crippen molar-refractivity contribution < 1.29 is 15.0 Å². The van der Waals surface area contributed by atoms with Gasteiger partial charge in [-0.15, -0.1) is 0 Å². The molecule has 2 saturated heterocycles. The van der Waals surface area contributed by atoms with Crippen LogP contribution in [0.1, 0.15) is 30.9 Å². The number of aromatic nitrogens is 2. The van der Waals surface area contributed by atoms with Gasteiger partial charge >= 0.3 is 0 Å². The molecule has 1 aromatic rings. The van der Waals surface area contributed by atoms with Crippen LogP contribution in [0, 0.1) is 0 Å². The van der Waals surface area contributed by atoms with Gasteiger partial charge in [-0.1, -0.05) is 0 Å². The van der Waals surface area contributed by atoms with Crippen molar-refractivity contribution in [1.82, 2.24) is 14.7 Å². The van der Waals surface area contributed by atoms with E-state index >= 15 is 0 Å². The number of likely N-dealkylation sites (tertiary alicyclic amines) is 1. The van der Waals surface area contributed by atoms with Crippen LogP contribution in [0.5, 0.6) is 0 Å². The lowest BCUT2D eigenvalue weighted by Crippen LogP contribution is -2.51. The lowest BCUT2D eigenvalue weighted by Gasteiger charge is -2.36. The second-order valence-corrected chi connectivity index (χ2v) is 7.21. The quantitative estimate of drug-likeness (QED) is 0.840. The van der Waals surface area contributed by atoms with Crippen LogP contribution < -0.4 is 0 Å². The molecule has 122 valence electrons. The number of aliphatic hydroxyl groups excluding tert-OH is 1. The molecule has 6 nitrogen and oxygen atoms in total. The molecule has 1 amide bonds. The maximum atomic E-state index is 12.5. The van der Waals surface area contributed by atoms with E-state index in [1.54, 1.807) is 18.0 Å². The maximum Gasteiger partial charge on any atom is 0.255 e. The number of nitrogens with zero attached hydrogens (tertiary/aromatic N) is 3. The minimum atomic E-state index is -1.14. The maximum absolute atomic E-state index is 12.5. The van der Waals surface area contributed by atoms with Gasteiger partial charge in [0.15, 0.2) is 5.60 Å². The molecule has 22 heavy (non-hydrogen) atoms. The smallest absolute Gasteiger partial charge is 0.255 e. The van der Waals surface area contributed by atoms with Gasteiger partial charge < -0.3 is 15.1 Å². The zero-order valence-electron chi connectivity index (χ0n) is 12.6. The topological polar surface area (TPSA) is 78.6 Å². The van der Waals surface area contributed by atoms with Gasteiger partial charge in [-0.25, -0.2) is 0 Å². The van der Waals surface area contributed by atoms with E-state index < -0.39 is 5.60 Å². The third-order valence-corrected chi connectivity index (χ3v) is 5.84. The highest BCUT2D eigenvalue weighted by Gasteiger charge is 2.43. The van der Waals surface area contributed by atoms with Crippen molar-refractivity contribution in [3.63, 3.8) is 0 Å². The van der Waals surface area contributed by atoms with Gasteiger partial charge in [0.25, 0.3) is 5.91 Å². The first-order chi connectivity index (χ1) is 10.6. The van der Waals surface area contributed by atoms with Crippen LogP contribution >= 0.6 is 11.8 Å². The molecule has 0 bridgehead atoms. The van der Waals surface area contributed by atoms with Crippen molar-refractivity contribution in [2.24, 2.45) is 0 Å². The fourth-order valence-corrected chi connectivity index (χ4v) is 4.60. The van der Waals surface area contributed by atoms with Gasteiger partial charge in [-0.3, -0.25) is 9.48 Å². The first-order valence-electron chi connectivity index (χ1n) is 7.86. The molecule has 3 rings (SSSR count). The molecular formula is C15H23N3O3S. The van der Waals surface area contributed by atoms with Crippen LogP contribution in [-0.2, 0) is 11.3 Å². The van der Waals surface area contributed by atoms with Gasteiger partial charge in [-0.2, -0.15) is 16.9 Å². The standard InChI is InChI=1S/C15H23N3O3S/c19-9-8-18-13(1-5-16-18)12-2-6-17(7-3-12)14(20)15(21)4-10-22-11-15/h1,5,12,19,21H,2-4,6-11H2. The normalized spacial score (nSPS) is 26.5. The molecule has 0 spiro atoms. The molecule has 2 fully saturated rings. The van der Waals surface area contributed by atoms with Crippen molar-refractivity contribution >= 4 is 17.7 Å². The zero-order chi connectivity index (χ0) is 15.6. The molecule has 2 aliphatic rings. The van der Waals surface area contributed by atoms with Crippen LogP contribution in [0.3, 0.4) is 0 Å². The van der Waals surface area contributed by atoms with E-state index in [1.807, 2.05) is 15.6 Å². The van der Waals surface area contributed by atoms with Gasteiger partial charge in [0.1, 0.15) is 0 Å². The van der Waals surface area contributed by atoms with Crippen molar-refractivity contribution in [1.29, 1.82) is 0 Å². The minimum absolute atomic E-state index is 0.0801. The van der Waals surface area contributed by atoms with Crippen molar-refractivity contribution in [2.45, 2.75) is 37.3 Å². The number of piperidine rings is 1. The minimum Gasteiger partial charge on any atom is -0.394 e. The molecule has 1 atom stereocenters. The average Bonchev–Trinajstić information content (AvgIpc) is 3.17. The van der Waals surface area contributed by atoms with E-state index in [1.165, 1.54) is 0 Å². The van der Waals surface area contributed by atoms with Crippen molar-refractivity contribution in [2.75, 3.05) is 31.2 Å². The van der Waals surface area contributed by atoms with E-state index in [0.717, 1.165) is 24.3 Å². The number of carbonyl (C=O) groups excluding carboxylic acids is 1. The van der Waals surface area contributed by atoms with Crippen LogP contribution in [0.2, 0.25) is 0 Å². The van der Waals surface area contributed by atoms with Crippen molar-refractivity contribution in [3.8, 4) is 0 Å². The average molecular weight is 325 g/mol. The molecule has 2 aliphatic heterocycles. The Hall–Kier alpha value is -1.05.